The minimum Gasteiger partial charge on any atom is -0.332 e. The van der Waals surface area contributed by atoms with Gasteiger partial charge in [0.2, 0.25) is 0 Å². The maximum atomic E-state index is 12.1. The second-order valence-corrected chi connectivity index (χ2v) is 6.11. The number of anilines is 1. The Morgan fingerprint density at radius 2 is 1.70 bits per heavy atom. The van der Waals surface area contributed by atoms with Crippen molar-refractivity contribution < 1.29 is 4.79 Å². The molecule has 0 aliphatic heterocycles. The van der Waals surface area contributed by atoms with Crippen molar-refractivity contribution in [3.63, 3.8) is 0 Å². The molecule has 1 atom stereocenters. The second-order valence-electron chi connectivity index (χ2n) is 5.71. The molecule has 4 heteroatoms. The Labute approximate surface area is 143 Å². The lowest BCUT2D eigenvalue weighted by Gasteiger charge is -2.12. The highest BCUT2D eigenvalue weighted by Crippen LogP contribution is 2.20. The van der Waals surface area contributed by atoms with Crippen molar-refractivity contribution in [2.24, 2.45) is 0 Å². The third-order valence-electron chi connectivity index (χ3n) is 3.89. The van der Waals surface area contributed by atoms with E-state index in [1.165, 1.54) is 5.56 Å². The maximum Gasteiger partial charge on any atom is 0.257 e. The molecule has 3 nitrogen and oxygen atoms in total. The molecule has 2 aromatic rings. The largest absolute Gasteiger partial charge is 0.332 e. The SMILES string of the molecule is CCC(C)c1ccc(NC(=S)NC(=O)c2ccc(C)cc2)cc1. The van der Waals surface area contributed by atoms with E-state index in [-0.39, 0.29) is 5.91 Å². The van der Waals surface area contributed by atoms with Gasteiger partial charge >= 0.3 is 0 Å². The average Bonchev–Trinajstić information content (AvgIpc) is 2.55. The minimum atomic E-state index is -0.210. The molecule has 0 aliphatic rings. The number of hydrogen-bond acceptors (Lipinski definition) is 2. The molecule has 0 bridgehead atoms. The van der Waals surface area contributed by atoms with Crippen LogP contribution < -0.4 is 10.6 Å². The van der Waals surface area contributed by atoms with E-state index in [2.05, 4.69) is 36.6 Å². The highest BCUT2D eigenvalue weighted by atomic mass is 32.1. The Balaban J connectivity index is 1.94. The monoisotopic (exact) mass is 326 g/mol. The van der Waals surface area contributed by atoms with Gasteiger partial charge in [0.05, 0.1) is 0 Å². The molecular weight excluding hydrogens is 304 g/mol. The number of aryl methyl sites for hydroxylation is 1. The Morgan fingerprint density at radius 3 is 2.26 bits per heavy atom. The molecule has 0 saturated carbocycles. The highest BCUT2D eigenvalue weighted by molar-refractivity contribution is 7.80. The molecule has 2 N–H and O–H groups in total. The van der Waals surface area contributed by atoms with E-state index >= 15 is 0 Å². The predicted octanol–water partition coefficient (Wildman–Crippen LogP) is 4.64. The number of amides is 1. The third-order valence-corrected chi connectivity index (χ3v) is 4.09. The zero-order valence-electron chi connectivity index (χ0n) is 13.7. The first-order valence-electron chi connectivity index (χ1n) is 7.78. The van der Waals surface area contributed by atoms with Gasteiger partial charge in [-0.15, -0.1) is 0 Å². The summed E-state index contributed by atoms with van der Waals surface area (Å²) in [5, 5.41) is 6.03. The van der Waals surface area contributed by atoms with Gasteiger partial charge in [-0.3, -0.25) is 10.1 Å². The molecule has 0 fully saturated rings. The first-order chi connectivity index (χ1) is 11.0. The molecule has 0 spiro atoms. The smallest absolute Gasteiger partial charge is 0.257 e. The van der Waals surface area contributed by atoms with Gasteiger partial charge in [-0.25, -0.2) is 0 Å². The van der Waals surface area contributed by atoms with Gasteiger partial charge in [0, 0.05) is 11.3 Å². The summed E-state index contributed by atoms with van der Waals surface area (Å²) in [6.45, 7) is 6.36. The number of hydrogen-bond donors (Lipinski definition) is 2. The second kappa shape index (κ2) is 7.88. The third kappa shape index (κ3) is 4.89. The quantitative estimate of drug-likeness (QED) is 0.805. The number of carbonyl (C=O) groups is 1. The Bertz CT molecular complexity index is 678. The molecule has 1 unspecified atom stereocenters. The van der Waals surface area contributed by atoms with Crippen LogP contribution in [-0.2, 0) is 0 Å². The van der Waals surface area contributed by atoms with Gasteiger partial charge in [0.1, 0.15) is 0 Å². The molecule has 0 aliphatic carbocycles. The molecule has 2 rings (SSSR count). The molecule has 120 valence electrons. The summed E-state index contributed by atoms with van der Waals surface area (Å²) in [6.07, 6.45) is 1.11. The lowest BCUT2D eigenvalue weighted by Crippen LogP contribution is -2.34. The van der Waals surface area contributed by atoms with Crippen molar-refractivity contribution in [3.8, 4) is 0 Å². The van der Waals surface area contributed by atoms with Crippen LogP contribution in [0.15, 0.2) is 48.5 Å². The number of benzene rings is 2. The summed E-state index contributed by atoms with van der Waals surface area (Å²) in [4.78, 5) is 12.1. The molecule has 0 aromatic heterocycles. The van der Waals surface area contributed by atoms with Crippen molar-refractivity contribution in [3.05, 3.63) is 65.2 Å². The van der Waals surface area contributed by atoms with Crippen molar-refractivity contribution in [2.75, 3.05) is 5.32 Å². The van der Waals surface area contributed by atoms with E-state index < -0.39 is 0 Å². The van der Waals surface area contributed by atoms with Crippen LogP contribution in [0, 0.1) is 6.92 Å². The normalized spacial score (nSPS) is 11.6. The summed E-state index contributed by atoms with van der Waals surface area (Å²) in [5.74, 6) is 0.330. The summed E-state index contributed by atoms with van der Waals surface area (Å²) in [7, 11) is 0. The van der Waals surface area contributed by atoms with Gasteiger partial charge in [0.25, 0.3) is 5.91 Å². The van der Waals surface area contributed by atoms with E-state index in [1.807, 2.05) is 31.2 Å². The molecule has 2 aromatic carbocycles. The lowest BCUT2D eigenvalue weighted by molar-refractivity contribution is 0.0977. The van der Waals surface area contributed by atoms with E-state index in [9.17, 15) is 4.79 Å². The number of rotatable bonds is 4. The zero-order chi connectivity index (χ0) is 16.8. The van der Waals surface area contributed by atoms with Crippen LogP contribution in [0.4, 0.5) is 5.69 Å². The summed E-state index contributed by atoms with van der Waals surface area (Å²) >= 11 is 5.20. The molecule has 0 saturated heterocycles. The van der Waals surface area contributed by atoms with E-state index in [0.717, 1.165) is 17.7 Å². The van der Waals surface area contributed by atoms with Crippen LogP contribution >= 0.6 is 12.2 Å². The van der Waals surface area contributed by atoms with Gasteiger partial charge in [0.15, 0.2) is 5.11 Å². The van der Waals surface area contributed by atoms with Crippen LogP contribution in [0.3, 0.4) is 0 Å². The van der Waals surface area contributed by atoms with E-state index in [1.54, 1.807) is 12.1 Å². The van der Waals surface area contributed by atoms with Crippen LogP contribution in [0.5, 0.6) is 0 Å². The summed E-state index contributed by atoms with van der Waals surface area (Å²) in [5.41, 5.74) is 3.87. The summed E-state index contributed by atoms with van der Waals surface area (Å²) in [6, 6.07) is 15.5. The first kappa shape index (κ1) is 17.2. The van der Waals surface area contributed by atoms with Crippen molar-refractivity contribution >= 4 is 28.9 Å². The molecular formula is C19H22N2OS. The number of carbonyl (C=O) groups excluding carboxylic acids is 1. The predicted molar refractivity (Wildman–Crippen MR) is 100 cm³/mol. The van der Waals surface area contributed by atoms with Crippen molar-refractivity contribution in [1.82, 2.24) is 5.32 Å². The Hall–Kier alpha value is -2.20. The topological polar surface area (TPSA) is 41.1 Å². The fraction of sp³-hybridized carbons (Fsp3) is 0.263. The van der Waals surface area contributed by atoms with E-state index in [4.69, 9.17) is 12.2 Å². The standard InChI is InChI=1S/C19H22N2OS/c1-4-14(3)15-9-11-17(12-10-15)20-19(23)21-18(22)16-7-5-13(2)6-8-16/h5-12,14H,4H2,1-3H3,(H2,20,21,22,23). The average molecular weight is 326 g/mol. The minimum absolute atomic E-state index is 0.210. The number of thiocarbonyl (C=S) groups is 1. The molecule has 0 radical (unpaired) electrons. The number of nitrogens with one attached hydrogen (secondary N) is 2. The summed E-state index contributed by atoms with van der Waals surface area (Å²) < 4.78 is 0. The maximum absolute atomic E-state index is 12.1. The van der Waals surface area contributed by atoms with Crippen molar-refractivity contribution in [2.45, 2.75) is 33.1 Å². The van der Waals surface area contributed by atoms with Crippen LogP contribution in [0.1, 0.15) is 47.7 Å². The Morgan fingerprint density at radius 1 is 1.09 bits per heavy atom. The van der Waals surface area contributed by atoms with Crippen LogP contribution in [-0.4, -0.2) is 11.0 Å². The van der Waals surface area contributed by atoms with Gasteiger partial charge < -0.3 is 5.32 Å². The highest BCUT2D eigenvalue weighted by Gasteiger charge is 2.08. The van der Waals surface area contributed by atoms with Gasteiger partial charge in [-0.1, -0.05) is 43.7 Å². The zero-order valence-corrected chi connectivity index (χ0v) is 14.5. The van der Waals surface area contributed by atoms with Gasteiger partial charge in [-0.05, 0) is 61.3 Å². The fourth-order valence-corrected chi connectivity index (χ4v) is 2.38. The van der Waals surface area contributed by atoms with E-state index in [0.29, 0.717) is 16.6 Å². The molecule has 1 amide bonds. The molecule has 23 heavy (non-hydrogen) atoms. The fourth-order valence-electron chi connectivity index (χ4n) is 2.17. The Kier molecular flexibility index (Phi) is 5.88. The van der Waals surface area contributed by atoms with Crippen LogP contribution in [0.2, 0.25) is 0 Å². The van der Waals surface area contributed by atoms with Crippen LogP contribution in [0.25, 0.3) is 0 Å². The first-order valence-corrected chi connectivity index (χ1v) is 8.19. The van der Waals surface area contributed by atoms with Gasteiger partial charge in [-0.2, -0.15) is 0 Å². The molecule has 0 heterocycles. The van der Waals surface area contributed by atoms with Crippen molar-refractivity contribution in [1.29, 1.82) is 0 Å². The lowest BCUT2D eigenvalue weighted by atomic mass is 9.99.